The Kier molecular flexibility index (Phi) is 4.72. The summed E-state index contributed by atoms with van der Waals surface area (Å²) in [6.45, 7) is 4.28. The molecule has 2 atom stereocenters. The van der Waals surface area contributed by atoms with E-state index in [-0.39, 0.29) is 18.5 Å². The molecule has 4 rings (SSSR count). The third-order valence-electron chi connectivity index (χ3n) is 5.50. The minimum atomic E-state index is -0.518. The van der Waals surface area contributed by atoms with Crippen molar-refractivity contribution in [3.63, 3.8) is 0 Å². The van der Waals surface area contributed by atoms with E-state index in [0.717, 1.165) is 28.7 Å². The van der Waals surface area contributed by atoms with Gasteiger partial charge in [-0.2, -0.15) is 0 Å². The van der Waals surface area contributed by atoms with Gasteiger partial charge in [-0.15, -0.1) is 11.8 Å². The lowest BCUT2D eigenvalue weighted by Crippen LogP contribution is -2.46. The first-order valence-corrected chi connectivity index (χ1v) is 10.2. The van der Waals surface area contributed by atoms with Crippen LogP contribution in [0.5, 0.6) is 0 Å². The molecule has 27 heavy (non-hydrogen) atoms. The molecule has 2 aromatic carbocycles. The number of carbonyl (C=O) groups is 2. The molecule has 5 heteroatoms. The van der Waals surface area contributed by atoms with Crippen molar-refractivity contribution in [2.45, 2.75) is 44.2 Å². The first-order valence-electron chi connectivity index (χ1n) is 9.26. The first kappa shape index (κ1) is 18.1. The van der Waals surface area contributed by atoms with E-state index in [1.165, 1.54) is 0 Å². The number of esters is 1. The fourth-order valence-corrected chi connectivity index (χ4v) is 5.65. The first-order chi connectivity index (χ1) is 13.0. The maximum atomic E-state index is 12.8. The summed E-state index contributed by atoms with van der Waals surface area (Å²) in [6.07, 6.45) is 1.21. The van der Waals surface area contributed by atoms with Crippen molar-refractivity contribution in [1.82, 2.24) is 4.90 Å². The normalized spacial score (nSPS) is 24.1. The van der Waals surface area contributed by atoms with Crippen molar-refractivity contribution in [3.8, 4) is 0 Å². The maximum Gasteiger partial charge on any atom is 0.330 e. The fraction of sp³-hybridized carbons (Fsp3) is 0.364. The zero-order valence-electron chi connectivity index (χ0n) is 15.6. The predicted octanol–water partition coefficient (Wildman–Crippen LogP) is 3.94. The van der Waals surface area contributed by atoms with Gasteiger partial charge in [0.15, 0.2) is 0 Å². The largest absolute Gasteiger partial charge is 0.459 e. The topological polar surface area (TPSA) is 46.6 Å². The summed E-state index contributed by atoms with van der Waals surface area (Å²) in [4.78, 5) is 26.8. The highest BCUT2D eigenvalue weighted by atomic mass is 32.2. The van der Waals surface area contributed by atoms with Crippen LogP contribution in [0.1, 0.15) is 35.1 Å². The van der Waals surface area contributed by atoms with Gasteiger partial charge in [-0.05, 0) is 37.0 Å². The number of amides is 1. The number of fused-ring (bicyclic) bond motifs is 1. The van der Waals surface area contributed by atoms with Crippen LogP contribution in [-0.4, -0.2) is 28.6 Å². The standard InChI is InChI=1S/C22H23NO3S/c1-15-8-9-16(2)17(12-15)13-26-21(25)19-14-27-22(11-10-20(24)23(19)22)18-6-4-3-5-7-18/h3-9,12,19H,10-11,13-14H2,1-2H3/t19-,22-/m0/s1. The van der Waals surface area contributed by atoms with Crippen molar-refractivity contribution >= 4 is 23.6 Å². The smallest absolute Gasteiger partial charge is 0.330 e. The second-order valence-corrected chi connectivity index (χ2v) is 8.58. The van der Waals surface area contributed by atoms with Crippen molar-refractivity contribution in [1.29, 1.82) is 0 Å². The summed E-state index contributed by atoms with van der Waals surface area (Å²) < 4.78 is 5.64. The van der Waals surface area contributed by atoms with Gasteiger partial charge in [0.25, 0.3) is 0 Å². The number of aryl methyl sites for hydroxylation is 2. The summed E-state index contributed by atoms with van der Waals surface area (Å²) >= 11 is 1.69. The van der Waals surface area contributed by atoms with Crippen LogP contribution >= 0.6 is 11.8 Å². The molecular formula is C22H23NO3S. The number of carbonyl (C=O) groups excluding carboxylic acids is 2. The molecule has 0 aromatic heterocycles. The Morgan fingerprint density at radius 1 is 1.22 bits per heavy atom. The molecule has 2 heterocycles. The molecule has 2 aromatic rings. The number of ether oxygens (including phenoxy) is 1. The van der Waals surface area contributed by atoms with Gasteiger partial charge < -0.3 is 9.64 Å². The minimum Gasteiger partial charge on any atom is -0.459 e. The fourth-order valence-electron chi connectivity index (χ4n) is 4.02. The average Bonchev–Trinajstić information content (AvgIpc) is 3.22. The van der Waals surface area contributed by atoms with E-state index in [9.17, 15) is 9.59 Å². The van der Waals surface area contributed by atoms with E-state index >= 15 is 0 Å². The molecule has 0 aliphatic carbocycles. The van der Waals surface area contributed by atoms with Gasteiger partial charge in [-0.1, -0.05) is 54.1 Å². The Labute approximate surface area is 163 Å². The van der Waals surface area contributed by atoms with Gasteiger partial charge in [0, 0.05) is 12.2 Å². The third kappa shape index (κ3) is 3.14. The highest BCUT2D eigenvalue weighted by molar-refractivity contribution is 8.00. The Balaban J connectivity index is 1.53. The Morgan fingerprint density at radius 2 is 2.00 bits per heavy atom. The SMILES string of the molecule is Cc1ccc(C)c(COC(=O)[C@@H]2CS[C@]3(c4ccccc4)CCC(=O)N23)c1. The van der Waals surface area contributed by atoms with Crippen LogP contribution < -0.4 is 0 Å². The highest BCUT2D eigenvalue weighted by Crippen LogP contribution is 2.54. The summed E-state index contributed by atoms with van der Waals surface area (Å²) in [6, 6.07) is 15.6. The molecule has 2 aliphatic heterocycles. The molecule has 2 saturated heterocycles. The number of hydrogen-bond donors (Lipinski definition) is 0. The zero-order valence-corrected chi connectivity index (χ0v) is 16.4. The summed E-state index contributed by atoms with van der Waals surface area (Å²) in [5, 5.41) is 0. The van der Waals surface area contributed by atoms with E-state index in [4.69, 9.17) is 4.74 Å². The second kappa shape index (κ2) is 7.04. The quantitative estimate of drug-likeness (QED) is 0.753. The number of rotatable bonds is 4. The van der Waals surface area contributed by atoms with E-state index in [1.54, 1.807) is 16.7 Å². The van der Waals surface area contributed by atoms with E-state index in [0.29, 0.717) is 12.2 Å². The van der Waals surface area contributed by atoms with Crippen LogP contribution in [0, 0.1) is 13.8 Å². The molecule has 0 N–H and O–H groups in total. The monoisotopic (exact) mass is 381 g/mol. The molecule has 0 saturated carbocycles. The molecule has 2 aliphatic rings. The number of hydrogen-bond acceptors (Lipinski definition) is 4. The molecule has 4 nitrogen and oxygen atoms in total. The molecule has 0 spiro atoms. The molecule has 2 fully saturated rings. The van der Waals surface area contributed by atoms with Crippen molar-refractivity contribution in [3.05, 3.63) is 70.8 Å². The number of benzene rings is 2. The number of thioether (sulfide) groups is 1. The molecular weight excluding hydrogens is 358 g/mol. The van der Waals surface area contributed by atoms with Crippen molar-refractivity contribution < 1.29 is 14.3 Å². The molecule has 0 radical (unpaired) electrons. The predicted molar refractivity (Wildman–Crippen MR) is 106 cm³/mol. The summed E-state index contributed by atoms with van der Waals surface area (Å²) in [7, 11) is 0. The van der Waals surface area contributed by atoms with Crippen molar-refractivity contribution in [2.75, 3.05) is 5.75 Å². The lowest BCUT2D eigenvalue weighted by molar-refractivity contribution is -0.155. The van der Waals surface area contributed by atoms with Gasteiger partial charge in [0.2, 0.25) is 5.91 Å². The van der Waals surface area contributed by atoms with Gasteiger partial charge >= 0.3 is 5.97 Å². The highest BCUT2D eigenvalue weighted by Gasteiger charge is 2.57. The summed E-state index contributed by atoms with van der Waals surface area (Å²) in [5.41, 5.74) is 4.34. The number of nitrogens with zero attached hydrogens (tertiary/aromatic N) is 1. The van der Waals surface area contributed by atoms with Crippen LogP contribution in [0.4, 0.5) is 0 Å². The van der Waals surface area contributed by atoms with E-state index < -0.39 is 10.9 Å². The third-order valence-corrected chi connectivity index (χ3v) is 7.10. The molecule has 0 unspecified atom stereocenters. The molecule has 0 bridgehead atoms. The van der Waals surface area contributed by atoms with Gasteiger partial charge in [-0.3, -0.25) is 4.79 Å². The summed E-state index contributed by atoms with van der Waals surface area (Å²) in [5.74, 6) is 0.306. The second-order valence-electron chi connectivity index (χ2n) is 7.28. The maximum absolute atomic E-state index is 12.8. The van der Waals surface area contributed by atoms with E-state index in [2.05, 4.69) is 0 Å². The lowest BCUT2D eigenvalue weighted by atomic mass is 10.0. The van der Waals surface area contributed by atoms with Crippen LogP contribution in [0.25, 0.3) is 0 Å². The van der Waals surface area contributed by atoms with Gasteiger partial charge in [-0.25, -0.2) is 4.79 Å². The Morgan fingerprint density at radius 3 is 2.78 bits per heavy atom. The molecule has 140 valence electrons. The minimum absolute atomic E-state index is 0.0394. The van der Waals surface area contributed by atoms with Crippen LogP contribution in [0.15, 0.2) is 48.5 Å². The zero-order chi connectivity index (χ0) is 19.0. The van der Waals surface area contributed by atoms with Crippen LogP contribution in [0.2, 0.25) is 0 Å². The Bertz CT molecular complexity index is 882. The molecule has 1 amide bonds. The van der Waals surface area contributed by atoms with E-state index in [1.807, 2.05) is 62.4 Å². The average molecular weight is 381 g/mol. The van der Waals surface area contributed by atoms with Gasteiger partial charge in [0.1, 0.15) is 17.5 Å². The van der Waals surface area contributed by atoms with Crippen LogP contribution in [0.3, 0.4) is 0 Å². The van der Waals surface area contributed by atoms with Crippen LogP contribution in [-0.2, 0) is 25.8 Å². The Hall–Kier alpha value is -2.27. The van der Waals surface area contributed by atoms with Gasteiger partial charge in [0.05, 0.1) is 0 Å². The lowest BCUT2D eigenvalue weighted by Gasteiger charge is -2.33. The van der Waals surface area contributed by atoms with Crippen molar-refractivity contribution in [2.24, 2.45) is 0 Å².